The normalized spacial score (nSPS) is 10.9. The number of hydrazone groups is 1. The third kappa shape index (κ3) is 6.30. The molecule has 1 amide bonds. The first-order chi connectivity index (χ1) is 16.6. The summed E-state index contributed by atoms with van der Waals surface area (Å²) in [6.07, 6.45) is 2.55. The SMILES string of the molecule is CCCOc1cccc(/C=N\NC(=O)c2ccc(-c3csc(Nc4ccc(C)cc4)n3)cc2)c1. The quantitative estimate of drug-likeness (QED) is 0.219. The molecule has 4 rings (SSSR count). The monoisotopic (exact) mass is 470 g/mol. The van der Waals surface area contributed by atoms with Gasteiger partial charge in [-0.1, -0.05) is 48.9 Å². The predicted octanol–water partition coefficient (Wildman–Crippen LogP) is 6.41. The summed E-state index contributed by atoms with van der Waals surface area (Å²) in [5.74, 6) is 0.508. The van der Waals surface area contributed by atoms with Gasteiger partial charge in [0.1, 0.15) is 5.75 Å². The highest BCUT2D eigenvalue weighted by molar-refractivity contribution is 7.14. The molecule has 0 aliphatic heterocycles. The Kier molecular flexibility index (Phi) is 7.67. The molecule has 0 fully saturated rings. The summed E-state index contributed by atoms with van der Waals surface area (Å²) in [7, 11) is 0. The van der Waals surface area contributed by atoms with Crippen molar-refractivity contribution in [2.75, 3.05) is 11.9 Å². The van der Waals surface area contributed by atoms with Gasteiger partial charge in [-0.25, -0.2) is 10.4 Å². The molecule has 0 saturated heterocycles. The number of anilines is 2. The van der Waals surface area contributed by atoms with Gasteiger partial charge < -0.3 is 10.1 Å². The van der Waals surface area contributed by atoms with Crippen LogP contribution >= 0.6 is 11.3 Å². The lowest BCUT2D eigenvalue weighted by Crippen LogP contribution is -2.17. The van der Waals surface area contributed by atoms with Crippen molar-refractivity contribution in [1.29, 1.82) is 0 Å². The number of nitrogens with one attached hydrogen (secondary N) is 2. The molecule has 34 heavy (non-hydrogen) atoms. The lowest BCUT2D eigenvalue weighted by Gasteiger charge is -2.05. The summed E-state index contributed by atoms with van der Waals surface area (Å²) in [6.45, 7) is 4.79. The number of nitrogens with zero attached hydrogens (tertiary/aromatic N) is 2. The summed E-state index contributed by atoms with van der Waals surface area (Å²) < 4.78 is 5.62. The number of hydrogen-bond acceptors (Lipinski definition) is 6. The van der Waals surface area contributed by atoms with E-state index in [4.69, 9.17) is 4.74 Å². The van der Waals surface area contributed by atoms with Crippen LogP contribution in [0, 0.1) is 6.92 Å². The van der Waals surface area contributed by atoms with E-state index < -0.39 is 0 Å². The number of amides is 1. The molecule has 0 unspecified atom stereocenters. The van der Waals surface area contributed by atoms with Crippen LogP contribution in [0.15, 0.2) is 83.3 Å². The summed E-state index contributed by atoms with van der Waals surface area (Å²) in [4.78, 5) is 17.1. The third-order valence-electron chi connectivity index (χ3n) is 4.96. The zero-order valence-electron chi connectivity index (χ0n) is 19.1. The van der Waals surface area contributed by atoms with Crippen molar-refractivity contribution in [2.24, 2.45) is 5.10 Å². The average molecular weight is 471 g/mol. The molecule has 7 heteroatoms. The van der Waals surface area contributed by atoms with Crippen LogP contribution in [0.5, 0.6) is 5.75 Å². The minimum atomic E-state index is -0.277. The zero-order chi connectivity index (χ0) is 23.8. The summed E-state index contributed by atoms with van der Waals surface area (Å²) in [6, 6.07) is 23.1. The standard InChI is InChI=1S/C27H26N4O2S/c1-3-15-33-24-6-4-5-20(16-24)17-28-31-26(32)22-11-9-21(10-12-22)25-18-34-27(30-25)29-23-13-7-19(2)8-14-23/h4-14,16-18H,3,15H2,1-2H3,(H,29,30)(H,31,32)/b28-17-. The maximum atomic E-state index is 12.4. The second-order valence-electron chi connectivity index (χ2n) is 7.73. The summed E-state index contributed by atoms with van der Waals surface area (Å²) in [5.41, 5.74) is 7.95. The van der Waals surface area contributed by atoms with Gasteiger partial charge in [-0.15, -0.1) is 11.3 Å². The van der Waals surface area contributed by atoms with E-state index in [9.17, 15) is 4.79 Å². The van der Waals surface area contributed by atoms with E-state index in [1.165, 1.54) is 16.9 Å². The van der Waals surface area contributed by atoms with Gasteiger partial charge in [0.15, 0.2) is 5.13 Å². The minimum absolute atomic E-state index is 0.277. The van der Waals surface area contributed by atoms with Crippen LogP contribution in [0.3, 0.4) is 0 Å². The van der Waals surface area contributed by atoms with Gasteiger partial charge in [-0.3, -0.25) is 4.79 Å². The van der Waals surface area contributed by atoms with Gasteiger partial charge in [0, 0.05) is 22.2 Å². The Bertz CT molecular complexity index is 1260. The molecule has 0 aliphatic rings. The van der Waals surface area contributed by atoms with Crippen LogP contribution in [0.25, 0.3) is 11.3 Å². The summed E-state index contributed by atoms with van der Waals surface area (Å²) in [5, 5.41) is 10.2. The number of hydrogen-bond donors (Lipinski definition) is 2. The minimum Gasteiger partial charge on any atom is -0.494 e. The van der Waals surface area contributed by atoms with Crippen molar-refractivity contribution in [3.8, 4) is 17.0 Å². The van der Waals surface area contributed by atoms with Crippen molar-refractivity contribution in [3.05, 3.63) is 94.9 Å². The molecule has 0 spiro atoms. The topological polar surface area (TPSA) is 75.6 Å². The van der Waals surface area contributed by atoms with E-state index in [1.807, 2.05) is 53.9 Å². The maximum absolute atomic E-state index is 12.4. The van der Waals surface area contributed by atoms with E-state index in [2.05, 4.69) is 46.8 Å². The van der Waals surface area contributed by atoms with Crippen molar-refractivity contribution < 1.29 is 9.53 Å². The Hall–Kier alpha value is -3.97. The lowest BCUT2D eigenvalue weighted by atomic mass is 10.1. The molecule has 1 heterocycles. The average Bonchev–Trinajstić information content (AvgIpc) is 3.33. The fourth-order valence-corrected chi connectivity index (χ4v) is 3.89. The number of aryl methyl sites for hydroxylation is 1. The molecule has 0 aliphatic carbocycles. The fraction of sp³-hybridized carbons (Fsp3) is 0.148. The second kappa shape index (κ2) is 11.2. The van der Waals surface area contributed by atoms with Gasteiger partial charge >= 0.3 is 0 Å². The number of aromatic nitrogens is 1. The highest BCUT2D eigenvalue weighted by atomic mass is 32.1. The maximum Gasteiger partial charge on any atom is 0.271 e. The number of ether oxygens (including phenoxy) is 1. The van der Waals surface area contributed by atoms with Crippen LogP contribution in [0.2, 0.25) is 0 Å². The number of thiazole rings is 1. The van der Waals surface area contributed by atoms with Gasteiger partial charge in [0.2, 0.25) is 0 Å². The molecule has 0 bridgehead atoms. The second-order valence-corrected chi connectivity index (χ2v) is 8.58. The molecule has 6 nitrogen and oxygen atoms in total. The van der Waals surface area contributed by atoms with Crippen molar-refractivity contribution in [2.45, 2.75) is 20.3 Å². The van der Waals surface area contributed by atoms with Crippen LogP contribution in [0.4, 0.5) is 10.8 Å². The molecule has 0 saturated carbocycles. The molecule has 0 atom stereocenters. The zero-order valence-corrected chi connectivity index (χ0v) is 19.9. The Labute approximate surface area is 203 Å². The molecule has 1 aromatic heterocycles. The molecular formula is C27H26N4O2S. The molecule has 0 radical (unpaired) electrons. The number of carbonyl (C=O) groups excluding carboxylic acids is 1. The molecule has 2 N–H and O–H groups in total. The third-order valence-corrected chi connectivity index (χ3v) is 5.72. The number of benzene rings is 3. The molecule has 4 aromatic rings. The first-order valence-corrected chi connectivity index (χ1v) is 11.9. The Balaban J connectivity index is 1.34. The van der Waals surface area contributed by atoms with E-state index >= 15 is 0 Å². The van der Waals surface area contributed by atoms with Crippen LogP contribution in [-0.4, -0.2) is 23.7 Å². The van der Waals surface area contributed by atoms with E-state index in [0.29, 0.717) is 12.2 Å². The Morgan fingerprint density at radius 3 is 2.65 bits per heavy atom. The first-order valence-electron chi connectivity index (χ1n) is 11.1. The van der Waals surface area contributed by atoms with Crippen molar-refractivity contribution in [1.82, 2.24) is 10.4 Å². The largest absolute Gasteiger partial charge is 0.494 e. The molecular weight excluding hydrogens is 444 g/mol. The van der Waals surface area contributed by atoms with Gasteiger partial charge in [0.25, 0.3) is 5.91 Å². The Morgan fingerprint density at radius 1 is 1.09 bits per heavy atom. The van der Waals surface area contributed by atoms with Crippen LogP contribution < -0.4 is 15.5 Å². The molecule has 172 valence electrons. The first kappa shape index (κ1) is 23.2. The van der Waals surface area contributed by atoms with Gasteiger partial charge in [-0.2, -0.15) is 5.10 Å². The Morgan fingerprint density at radius 2 is 1.88 bits per heavy atom. The van der Waals surface area contributed by atoms with Gasteiger partial charge in [0.05, 0.1) is 18.5 Å². The number of rotatable bonds is 9. The molecule has 3 aromatic carbocycles. The summed E-state index contributed by atoms with van der Waals surface area (Å²) >= 11 is 1.54. The van der Waals surface area contributed by atoms with E-state index in [1.54, 1.807) is 18.3 Å². The smallest absolute Gasteiger partial charge is 0.271 e. The predicted molar refractivity (Wildman–Crippen MR) is 139 cm³/mol. The van der Waals surface area contributed by atoms with Crippen LogP contribution in [0.1, 0.15) is 34.8 Å². The van der Waals surface area contributed by atoms with E-state index in [-0.39, 0.29) is 5.91 Å². The fourth-order valence-electron chi connectivity index (χ4n) is 3.15. The number of carbonyl (C=O) groups is 1. The highest BCUT2D eigenvalue weighted by Gasteiger charge is 2.08. The highest BCUT2D eigenvalue weighted by Crippen LogP contribution is 2.27. The van der Waals surface area contributed by atoms with Crippen LogP contribution in [-0.2, 0) is 0 Å². The van der Waals surface area contributed by atoms with Crippen molar-refractivity contribution in [3.63, 3.8) is 0 Å². The van der Waals surface area contributed by atoms with Crippen molar-refractivity contribution >= 4 is 34.3 Å². The lowest BCUT2D eigenvalue weighted by molar-refractivity contribution is 0.0955. The van der Waals surface area contributed by atoms with E-state index in [0.717, 1.165) is 39.8 Å². The van der Waals surface area contributed by atoms with Gasteiger partial charge in [-0.05, 0) is 55.3 Å².